The summed E-state index contributed by atoms with van der Waals surface area (Å²) in [5.41, 5.74) is 1.64. The van der Waals surface area contributed by atoms with Gasteiger partial charge in [-0.25, -0.2) is 23.2 Å². The van der Waals surface area contributed by atoms with E-state index in [9.17, 15) is 13.2 Å². The number of aromatic nitrogens is 4. The molecule has 0 bridgehead atoms. The number of nitrogens with zero attached hydrogens (tertiary/aromatic N) is 5. The molecule has 2 fully saturated rings. The molecule has 5 rings (SSSR count). The van der Waals surface area contributed by atoms with E-state index in [0.717, 1.165) is 19.1 Å². The molecule has 1 saturated heterocycles. The Kier molecular flexibility index (Phi) is 6.54. The maximum Gasteiger partial charge on any atom is 0.319 e. The molecular formula is C24H27N7O4S. The first-order chi connectivity index (χ1) is 17.3. The lowest BCUT2D eigenvalue weighted by molar-refractivity contribution is 0.0981. The van der Waals surface area contributed by atoms with E-state index in [2.05, 4.69) is 25.6 Å². The Morgan fingerprint density at radius 3 is 2.53 bits per heavy atom. The molecular weight excluding hydrogens is 482 g/mol. The van der Waals surface area contributed by atoms with E-state index in [-0.39, 0.29) is 29.0 Å². The van der Waals surface area contributed by atoms with Crippen molar-refractivity contribution in [3.8, 4) is 22.8 Å². The van der Waals surface area contributed by atoms with Crippen LogP contribution in [0.4, 0.5) is 16.4 Å². The Hall–Kier alpha value is -3.64. The highest BCUT2D eigenvalue weighted by Crippen LogP contribution is 2.28. The molecule has 2 amide bonds. The molecule has 1 aromatic carbocycles. The van der Waals surface area contributed by atoms with E-state index in [1.165, 1.54) is 6.20 Å². The van der Waals surface area contributed by atoms with Gasteiger partial charge in [-0.1, -0.05) is 0 Å². The quantitative estimate of drug-likeness (QED) is 0.513. The molecule has 11 nitrogen and oxygen atoms in total. The Morgan fingerprint density at radius 2 is 1.83 bits per heavy atom. The van der Waals surface area contributed by atoms with Crippen LogP contribution in [0.2, 0.25) is 0 Å². The molecule has 1 saturated carbocycles. The van der Waals surface area contributed by atoms with Crippen LogP contribution in [0, 0.1) is 0 Å². The van der Waals surface area contributed by atoms with E-state index in [0.29, 0.717) is 48.3 Å². The molecule has 188 valence electrons. The first-order valence-corrected chi connectivity index (χ1v) is 13.6. The normalized spacial score (nSPS) is 18.1. The molecule has 1 aliphatic carbocycles. The van der Waals surface area contributed by atoms with Crippen molar-refractivity contribution < 1.29 is 17.9 Å². The molecule has 2 aromatic heterocycles. The van der Waals surface area contributed by atoms with Gasteiger partial charge in [0.25, 0.3) is 0 Å². The van der Waals surface area contributed by atoms with Crippen LogP contribution in [0.1, 0.15) is 19.8 Å². The van der Waals surface area contributed by atoms with Crippen LogP contribution >= 0.6 is 0 Å². The molecule has 0 radical (unpaired) electrons. The average molecular weight is 510 g/mol. The minimum absolute atomic E-state index is 0.0293. The van der Waals surface area contributed by atoms with Crippen LogP contribution in [0.25, 0.3) is 22.8 Å². The first kappa shape index (κ1) is 24.1. The van der Waals surface area contributed by atoms with Crippen molar-refractivity contribution in [1.29, 1.82) is 0 Å². The number of ether oxygens (including phenoxy) is 1. The number of morpholine rings is 1. The third kappa shape index (κ3) is 5.44. The van der Waals surface area contributed by atoms with Gasteiger partial charge < -0.3 is 20.3 Å². The predicted molar refractivity (Wildman–Crippen MR) is 134 cm³/mol. The van der Waals surface area contributed by atoms with E-state index in [1.807, 2.05) is 11.8 Å². The second-order valence-electron chi connectivity index (χ2n) is 8.98. The van der Waals surface area contributed by atoms with Gasteiger partial charge in [0.1, 0.15) is 0 Å². The van der Waals surface area contributed by atoms with Crippen LogP contribution in [0.5, 0.6) is 0 Å². The van der Waals surface area contributed by atoms with Gasteiger partial charge in [-0.05, 0) is 56.2 Å². The minimum atomic E-state index is -3.62. The summed E-state index contributed by atoms with van der Waals surface area (Å²) in [5.74, 6) is 1.03. The number of amides is 2. The fourth-order valence-electron chi connectivity index (χ4n) is 3.91. The van der Waals surface area contributed by atoms with Crippen molar-refractivity contribution in [2.75, 3.05) is 36.2 Å². The van der Waals surface area contributed by atoms with Crippen molar-refractivity contribution in [3.63, 3.8) is 0 Å². The van der Waals surface area contributed by atoms with Gasteiger partial charge in [0, 0.05) is 36.3 Å². The topological polar surface area (TPSA) is 139 Å². The number of hydrogen-bond acceptors (Lipinski definition) is 9. The maximum atomic E-state index is 12.4. The molecule has 12 heteroatoms. The highest BCUT2D eigenvalue weighted by atomic mass is 32.2. The number of carbonyl (C=O) groups excluding carboxylic acids is 1. The van der Waals surface area contributed by atoms with Gasteiger partial charge in [-0.3, -0.25) is 0 Å². The zero-order chi connectivity index (χ0) is 25.3. The molecule has 3 aromatic rings. The van der Waals surface area contributed by atoms with Crippen LogP contribution < -0.4 is 15.5 Å². The van der Waals surface area contributed by atoms with Gasteiger partial charge in [0.05, 0.1) is 24.8 Å². The lowest BCUT2D eigenvalue weighted by atomic mass is 10.2. The van der Waals surface area contributed by atoms with Crippen LogP contribution in [-0.4, -0.2) is 72.5 Å². The third-order valence-electron chi connectivity index (χ3n) is 5.92. The first-order valence-electron chi connectivity index (χ1n) is 11.7. The number of nitrogens with one attached hydrogen (secondary N) is 2. The number of carbonyl (C=O) groups is 1. The number of benzene rings is 1. The second-order valence-corrected chi connectivity index (χ2v) is 10.9. The summed E-state index contributed by atoms with van der Waals surface area (Å²) in [5, 5.41) is 5.61. The van der Waals surface area contributed by atoms with Crippen molar-refractivity contribution >= 4 is 27.5 Å². The molecule has 0 spiro atoms. The number of sulfone groups is 1. The Morgan fingerprint density at radius 1 is 1.08 bits per heavy atom. The number of urea groups is 1. The maximum absolute atomic E-state index is 12.4. The highest BCUT2D eigenvalue weighted by molar-refractivity contribution is 7.90. The van der Waals surface area contributed by atoms with Crippen molar-refractivity contribution in [1.82, 2.24) is 25.3 Å². The summed E-state index contributed by atoms with van der Waals surface area (Å²) < 4.78 is 30.4. The molecule has 2 aliphatic rings. The summed E-state index contributed by atoms with van der Waals surface area (Å²) >= 11 is 0. The molecule has 0 unspecified atom stereocenters. The lowest BCUT2D eigenvalue weighted by Crippen LogP contribution is -2.44. The molecule has 36 heavy (non-hydrogen) atoms. The SMILES string of the molecule is C[C@H]1COCCN1c1nc(-c2ccc(NC(=O)NC3CC3)cc2)nc(-c2cccnc2S(C)(=O)=O)n1. The Balaban J connectivity index is 1.53. The highest BCUT2D eigenvalue weighted by Gasteiger charge is 2.26. The molecule has 1 aliphatic heterocycles. The van der Waals surface area contributed by atoms with Crippen LogP contribution in [0.3, 0.4) is 0 Å². The lowest BCUT2D eigenvalue weighted by Gasteiger charge is -2.33. The molecule has 1 atom stereocenters. The summed E-state index contributed by atoms with van der Waals surface area (Å²) in [6.07, 6.45) is 4.56. The zero-order valence-electron chi connectivity index (χ0n) is 20.0. The van der Waals surface area contributed by atoms with E-state index in [4.69, 9.17) is 9.72 Å². The summed E-state index contributed by atoms with van der Waals surface area (Å²) in [4.78, 5) is 32.1. The Labute approximate surface area is 209 Å². The fourth-order valence-corrected chi connectivity index (χ4v) is 4.72. The van der Waals surface area contributed by atoms with Crippen LogP contribution in [-0.2, 0) is 14.6 Å². The van der Waals surface area contributed by atoms with Crippen molar-refractivity contribution in [2.45, 2.75) is 36.9 Å². The van der Waals surface area contributed by atoms with Gasteiger partial charge in [0.15, 0.2) is 26.5 Å². The average Bonchev–Trinajstić information content (AvgIpc) is 3.68. The van der Waals surface area contributed by atoms with Crippen molar-refractivity contribution in [2.24, 2.45) is 0 Å². The number of rotatable bonds is 6. The zero-order valence-corrected chi connectivity index (χ0v) is 20.8. The van der Waals surface area contributed by atoms with E-state index in [1.54, 1.807) is 36.4 Å². The smallest absolute Gasteiger partial charge is 0.319 e. The molecule has 2 N–H and O–H groups in total. The van der Waals surface area contributed by atoms with Crippen molar-refractivity contribution in [3.05, 3.63) is 42.6 Å². The summed E-state index contributed by atoms with van der Waals surface area (Å²) in [7, 11) is -3.62. The van der Waals surface area contributed by atoms with E-state index < -0.39 is 9.84 Å². The standard InChI is InChI=1S/C24H27N7O4S/c1-15-14-35-13-12-31(15)23-29-20(16-5-7-17(8-6-16)26-24(32)27-18-9-10-18)28-21(30-23)19-4-3-11-25-22(19)36(2,33)34/h3-8,11,15,18H,9-10,12-14H2,1-2H3,(H2,26,27,32)/t15-/m0/s1. The van der Waals surface area contributed by atoms with E-state index >= 15 is 0 Å². The van der Waals surface area contributed by atoms with Gasteiger partial charge in [0.2, 0.25) is 5.95 Å². The predicted octanol–water partition coefficient (Wildman–Crippen LogP) is 2.51. The van der Waals surface area contributed by atoms with Gasteiger partial charge in [-0.15, -0.1) is 0 Å². The number of hydrogen-bond donors (Lipinski definition) is 2. The van der Waals surface area contributed by atoms with Gasteiger partial charge in [-0.2, -0.15) is 9.97 Å². The largest absolute Gasteiger partial charge is 0.377 e. The summed E-state index contributed by atoms with van der Waals surface area (Å²) in [6.45, 7) is 3.67. The number of pyridine rings is 1. The Bertz CT molecular complexity index is 1380. The summed E-state index contributed by atoms with van der Waals surface area (Å²) in [6, 6.07) is 10.5. The monoisotopic (exact) mass is 509 g/mol. The molecule has 3 heterocycles. The van der Waals surface area contributed by atoms with Gasteiger partial charge >= 0.3 is 6.03 Å². The minimum Gasteiger partial charge on any atom is -0.377 e. The fraction of sp³-hybridized carbons (Fsp3) is 0.375. The third-order valence-corrected chi connectivity index (χ3v) is 6.95. The number of anilines is 2. The van der Waals surface area contributed by atoms with Crippen LogP contribution in [0.15, 0.2) is 47.6 Å². The second kappa shape index (κ2) is 9.78.